The summed E-state index contributed by atoms with van der Waals surface area (Å²) < 4.78 is 1.96. The zero-order valence-corrected chi connectivity index (χ0v) is 10.4. The number of carbonyl (C=O) groups is 1. The Morgan fingerprint density at radius 1 is 1.47 bits per heavy atom. The van der Waals surface area contributed by atoms with E-state index in [1.807, 2.05) is 29.8 Å². The van der Waals surface area contributed by atoms with Crippen LogP contribution in [0.15, 0.2) is 18.3 Å². The Balaban J connectivity index is 1.65. The molecule has 0 radical (unpaired) electrons. The second kappa shape index (κ2) is 5.87. The van der Waals surface area contributed by atoms with Gasteiger partial charge in [-0.25, -0.2) is 0 Å². The first kappa shape index (κ1) is 12.2. The van der Waals surface area contributed by atoms with Gasteiger partial charge in [-0.05, 0) is 44.9 Å². The van der Waals surface area contributed by atoms with Crippen molar-refractivity contribution in [3.63, 3.8) is 0 Å². The monoisotopic (exact) mass is 235 g/mol. The molecule has 1 saturated carbocycles. The van der Waals surface area contributed by atoms with Gasteiger partial charge in [0.05, 0.1) is 0 Å². The fourth-order valence-electron chi connectivity index (χ4n) is 1.87. The molecular formula is C13H21N3O. The van der Waals surface area contributed by atoms with Crippen molar-refractivity contribution in [2.75, 3.05) is 13.1 Å². The summed E-state index contributed by atoms with van der Waals surface area (Å²) in [5.41, 5.74) is 0.752. The third kappa shape index (κ3) is 3.60. The number of carbonyl (C=O) groups excluding carboxylic acids is 1. The number of hydrogen-bond donors (Lipinski definition) is 2. The van der Waals surface area contributed by atoms with Crippen LogP contribution in [0.1, 0.15) is 36.7 Å². The van der Waals surface area contributed by atoms with Gasteiger partial charge in [-0.1, -0.05) is 0 Å². The molecule has 0 aliphatic heterocycles. The highest BCUT2D eigenvalue weighted by Gasteiger charge is 2.19. The van der Waals surface area contributed by atoms with Crippen molar-refractivity contribution in [1.29, 1.82) is 0 Å². The van der Waals surface area contributed by atoms with Crippen molar-refractivity contribution in [3.05, 3.63) is 24.0 Å². The van der Waals surface area contributed by atoms with Crippen LogP contribution in [0.25, 0.3) is 0 Å². The number of nitrogens with zero attached hydrogens (tertiary/aromatic N) is 1. The van der Waals surface area contributed by atoms with Crippen LogP contribution in [0, 0.1) is 0 Å². The van der Waals surface area contributed by atoms with Gasteiger partial charge < -0.3 is 15.2 Å². The molecular weight excluding hydrogens is 214 g/mol. The molecule has 0 unspecified atom stereocenters. The maximum absolute atomic E-state index is 11.8. The third-order valence-corrected chi connectivity index (χ3v) is 3.05. The van der Waals surface area contributed by atoms with Gasteiger partial charge in [0.2, 0.25) is 0 Å². The van der Waals surface area contributed by atoms with Crippen molar-refractivity contribution in [3.8, 4) is 0 Å². The normalized spacial score (nSPS) is 14.9. The summed E-state index contributed by atoms with van der Waals surface area (Å²) in [6, 6.07) is 4.52. The lowest BCUT2D eigenvalue weighted by molar-refractivity contribution is 0.0944. The van der Waals surface area contributed by atoms with Crippen LogP contribution < -0.4 is 10.6 Å². The lowest BCUT2D eigenvalue weighted by atomic mass is 10.3. The van der Waals surface area contributed by atoms with E-state index in [-0.39, 0.29) is 5.91 Å². The minimum atomic E-state index is 0.0308. The van der Waals surface area contributed by atoms with Crippen LogP contribution in [0.5, 0.6) is 0 Å². The Hall–Kier alpha value is -1.29. The molecule has 1 aliphatic rings. The van der Waals surface area contributed by atoms with Gasteiger partial charge >= 0.3 is 0 Å². The van der Waals surface area contributed by atoms with E-state index in [0.717, 1.165) is 37.8 Å². The summed E-state index contributed by atoms with van der Waals surface area (Å²) >= 11 is 0. The highest BCUT2D eigenvalue weighted by Crippen LogP contribution is 2.18. The minimum absolute atomic E-state index is 0.0308. The van der Waals surface area contributed by atoms with Gasteiger partial charge in [0, 0.05) is 25.3 Å². The first-order valence-corrected chi connectivity index (χ1v) is 6.48. The number of aryl methyl sites for hydroxylation is 1. The Labute approximate surface area is 102 Å². The van der Waals surface area contributed by atoms with Gasteiger partial charge in [0.25, 0.3) is 5.91 Å². The summed E-state index contributed by atoms with van der Waals surface area (Å²) in [5, 5.41) is 6.39. The van der Waals surface area contributed by atoms with Gasteiger partial charge in [0.15, 0.2) is 0 Å². The minimum Gasteiger partial charge on any atom is -0.351 e. The van der Waals surface area contributed by atoms with Crippen LogP contribution in [-0.2, 0) is 6.54 Å². The lowest BCUT2D eigenvalue weighted by Crippen LogP contribution is -2.29. The SMILES string of the molecule is CCn1cccc1C(=O)NCCCNC1CC1. The van der Waals surface area contributed by atoms with Crippen LogP contribution in [-0.4, -0.2) is 29.6 Å². The maximum Gasteiger partial charge on any atom is 0.267 e. The molecule has 1 fully saturated rings. The van der Waals surface area contributed by atoms with Crippen LogP contribution in [0.3, 0.4) is 0 Å². The zero-order chi connectivity index (χ0) is 12.1. The third-order valence-electron chi connectivity index (χ3n) is 3.05. The molecule has 94 valence electrons. The molecule has 0 saturated heterocycles. The lowest BCUT2D eigenvalue weighted by Gasteiger charge is -2.08. The molecule has 4 heteroatoms. The smallest absolute Gasteiger partial charge is 0.267 e. The van der Waals surface area contributed by atoms with E-state index in [9.17, 15) is 4.79 Å². The number of nitrogens with one attached hydrogen (secondary N) is 2. The maximum atomic E-state index is 11.8. The molecule has 2 rings (SSSR count). The summed E-state index contributed by atoms with van der Waals surface area (Å²) in [5.74, 6) is 0.0308. The average Bonchev–Trinajstić information content (AvgIpc) is 3.03. The highest BCUT2D eigenvalue weighted by atomic mass is 16.1. The Bertz CT molecular complexity index is 368. The van der Waals surface area contributed by atoms with E-state index in [1.54, 1.807) is 0 Å². The highest BCUT2D eigenvalue weighted by molar-refractivity contribution is 5.92. The molecule has 1 aliphatic carbocycles. The quantitative estimate of drug-likeness (QED) is 0.701. The first-order valence-electron chi connectivity index (χ1n) is 6.48. The fourth-order valence-corrected chi connectivity index (χ4v) is 1.87. The summed E-state index contributed by atoms with van der Waals surface area (Å²) in [6.07, 6.45) is 5.56. The standard InChI is InChI=1S/C13H21N3O/c1-2-16-10-3-5-12(16)13(17)15-9-4-8-14-11-6-7-11/h3,5,10-11,14H,2,4,6-9H2,1H3,(H,15,17). The van der Waals surface area contributed by atoms with Gasteiger partial charge in [-0.2, -0.15) is 0 Å². The van der Waals surface area contributed by atoms with Crippen LogP contribution >= 0.6 is 0 Å². The predicted octanol–water partition coefficient (Wildman–Crippen LogP) is 1.38. The van der Waals surface area contributed by atoms with Gasteiger partial charge in [0.1, 0.15) is 5.69 Å². The molecule has 0 spiro atoms. The molecule has 2 N–H and O–H groups in total. The molecule has 0 bridgehead atoms. The van der Waals surface area contributed by atoms with Crippen molar-refractivity contribution in [1.82, 2.24) is 15.2 Å². The molecule has 0 aromatic carbocycles. The molecule has 1 aromatic heterocycles. The fraction of sp³-hybridized carbons (Fsp3) is 0.615. The molecule has 1 aromatic rings. The Morgan fingerprint density at radius 2 is 2.29 bits per heavy atom. The van der Waals surface area contributed by atoms with Gasteiger partial charge in [-0.15, -0.1) is 0 Å². The second-order valence-corrected chi connectivity index (χ2v) is 4.52. The summed E-state index contributed by atoms with van der Waals surface area (Å²) in [4.78, 5) is 11.8. The van der Waals surface area contributed by atoms with Crippen molar-refractivity contribution in [2.45, 2.75) is 38.8 Å². The van der Waals surface area contributed by atoms with E-state index >= 15 is 0 Å². The van der Waals surface area contributed by atoms with E-state index in [2.05, 4.69) is 10.6 Å². The van der Waals surface area contributed by atoms with Gasteiger partial charge in [-0.3, -0.25) is 4.79 Å². The van der Waals surface area contributed by atoms with Crippen molar-refractivity contribution in [2.24, 2.45) is 0 Å². The molecule has 1 heterocycles. The Kier molecular flexibility index (Phi) is 4.20. The molecule has 1 amide bonds. The number of amides is 1. The summed E-state index contributed by atoms with van der Waals surface area (Å²) in [6.45, 7) is 4.61. The zero-order valence-electron chi connectivity index (χ0n) is 10.4. The Morgan fingerprint density at radius 3 is 3.00 bits per heavy atom. The molecule has 0 atom stereocenters. The van der Waals surface area contributed by atoms with E-state index in [1.165, 1.54) is 12.8 Å². The number of hydrogen-bond acceptors (Lipinski definition) is 2. The van der Waals surface area contributed by atoms with E-state index < -0.39 is 0 Å². The second-order valence-electron chi connectivity index (χ2n) is 4.52. The van der Waals surface area contributed by atoms with E-state index in [4.69, 9.17) is 0 Å². The topological polar surface area (TPSA) is 46.1 Å². The summed E-state index contributed by atoms with van der Waals surface area (Å²) in [7, 11) is 0. The van der Waals surface area contributed by atoms with Crippen LogP contribution in [0.4, 0.5) is 0 Å². The van der Waals surface area contributed by atoms with Crippen LogP contribution in [0.2, 0.25) is 0 Å². The van der Waals surface area contributed by atoms with Crippen molar-refractivity contribution < 1.29 is 4.79 Å². The number of aromatic nitrogens is 1. The van der Waals surface area contributed by atoms with E-state index in [0.29, 0.717) is 0 Å². The first-order chi connectivity index (χ1) is 8.31. The molecule has 4 nitrogen and oxygen atoms in total. The molecule has 17 heavy (non-hydrogen) atoms. The number of rotatable bonds is 7. The van der Waals surface area contributed by atoms with Crippen molar-refractivity contribution >= 4 is 5.91 Å². The predicted molar refractivity (Wildman–Crippen MR) is 68.1 cm³/mol. The largest absolute Gasteiger partial charge is 0.351 e. The average molecular weight is 235 g/mol.